The van der Waals surface area contributed by atoms with Crippen LogP contribution in [0.1, 0.15) is 6.92 Å². The van der Waals surface area contributed by atoms with Gasteiger partial charge in [0.1, 0.15) is 11.5 Å². The fourth-order valence-electron chi connectivity index (χ4n) is 1.98. The van der Waals surface area contributed by atoms with E-state index in [1.165, 1.54) is 0 Å². The predicted molar refractivity (Wildman–Crippen MR) is 71.2 cm³/mol. The van der Waals surface area contributed by atoms with Crippen molar-refractivity contribution >= 4 is 18.9 Å². The molecule has 0 saturated heterocycles. The van der Waals surface area contributed by atoms with Gasteiger partial charge in [-0.2, -0.15) is 0 Å². The molecular weight excluding hydrogens is 230 g/mol. The number of nitrogens with one attached hydrogen (secondary N) is 4. The Hall–Kier alpha value is -2.31. The average Bonchev–Trinajstić information content (AvgIpc) is 2.85. The van der Waals surface area contributed by atoms with Crippen LogP contribution in [0.3, 0.4) is 0 Å². The first-order valence-corrected chi connectivity index (χ1v) is 5.84. The minimum atomic E-state index is -0.136. The fraction of sp³-hybridized carbons (Fsp3) is 0.364. The highest BCUT2D eigenvalue weighted by atomic mass is 15.3. The average molecular weight is 245 g/mol. The van der Waals surface area contributed by atoms with Gasteiger partial charge in [0.2, 0.25) is 0 Å². The number of fused-ring (bicyclic) bond motifs is 1. The molecule has 0 aliphatic carbocycles. The first kappa shape index (κ1) is 10.8. The van der Waals surface area contributed by atoms with Crippen molar-refractivity contribution in [2.45, 2.75) is 19.1 Å². The van der Waals surface area contributed by atoms with Crippen LogP contribution in [0.4, 0.5) is 0 Å². The molecule has 0 radical (unpaired) electrons. The number of nitrogens with zero attached hydrogens (tertiary/aromatic N) is 3. The molecule has 3 heterocycles. The van der Waals surface area contributed by atoms with Crippen molar-refractivity contribution in [3.8, 4) is 0 Å². The van der Waals surface area contributed by atoms with Gasteiger partial charge >= 0.3 is 0 Å². The van der Waals surface area contributed by atoms with Crippen LogP contribution >= 0.6 is 0 Å². The molecule has 7 nitrogen and oxygen atoms in total. The third kappa shape index (κ3) is 2.06. The third-order valence-electron chi connectivity index (χ3n) is 2.83. The lowest BCUT2D eigenvalue weighted by atomic mass is 10.2. The quantitative estimate of drug-likeness (QED) is 0.526. The molecule has 3 aliphatic rings. The number of rotatable bonds is 3. The van der Waals surface area contributed by atoms with Gasteiger partial charge in [0.25, 0.3) is 0 Å². The standard InChI is InChI=1S/C11H15N7/c1-7-2-12-3-8(18-7)4-13-10-9-11(15-5-14-9)17-6-16-10/h2-3,5-6,8,11,13,18H,4H2,1H3,(H,14,15)(H,16,17). The zero-order valence-corrected chi connectivity index (χ0v) is 10.0. The minimum absolute atomic E-state index is 0.136. The first-order chi connectivity index (χ1) is 8.83. The van der Waals surface area contributed by atoms with Crippen LogP contribution in [0.25, 0.3) is 0 Å². The summed E-state index contributed by atoms with van der Waals surface area (Å²) < 4.78 is 0. The molecule has 0 aromatic carbocycles. The molecule has 2 atom stereocenters. The molecular formula is C11H15N7. The number of aliphatic imine (C=N–C) groups is 3. The van der Waals surface area contributed by atoms with Crippen molar-refractivity contribution in [2.24, 2.45) is 15.0 Å². The van der Waals surface area contributed by atoms with Crippen molar-refractivity contribution in [1.82, 2.24) is 21.3 Å². The lowest BCUT2D eigenvalue weighted by molar-refractivity contribution is 0.617. The largest absolute Gasteiger partial charge is 0.378 e. The van der Waals surface area contributed by atoms with Gasteiger partial charge in [-0.25, -0.2) is 9.98 Å². The molecule has 0 saturated carbocycles. The Balaban J connectivity index is 1.61. The van der Waals surface area contributed by atoms with Gasteiger partial charge in [-0.05, 0) is 6.92 Å². The Labute approximate surface area is 105 Å². The summed E-state index contributed by atoms with van der Waals surface area (Å²) in [5.41, 5.74) is 2.03. The van der Waals surface area contributed by atoms with Crippen LogP contribution in [0, 0.1) is 0 Å². The molecule has 0 fully saturated rings. The molecule has 3 rings (SSSR count). The molecule has 0 bridgehead atoms. The third-order valence-corrected chi connectivity index (χ3v) is 2.83. The summed E-state index contributed by atoms with van der Waals surface area (Å²) >= 11 is 0. The van der Waals surface area contributed by atoms with Crippen molar-refractivity contribution in [2.75, 3.05) is 6.54 Å². The zero-order valence-electron chi connectivity index (χ0n) is 10.0. The van der Waals surface area contributed by atoms with Gasteiger partial charge < -0.3 is 21.3 Å². The van der Waals surface area contributed by atoms with Gasteiger partial charge in [-0.1, -0.05) is 0 Å². The van der Waals surface area contributed by atoms with E-state index in [-0.39, 0.29) is 12.2 Å². The normalized spacial score (nSPS) is 28.2. The van der Waals surface area contributed by atoms with E-state index in [2.05, 4.69) is 36.2 Å². The number of hydrogen-bond acceptors (Lipinski definition) is 7. The van der Waals surface area contributed by atoms with Crippen LogP contribution in [0.5, 0.6) is 0 Å². The number of allylic oxidation sites excluding steroid dienone is 1. The highest BCUT2D eigenvalue weighted by Gasteiger charge is 2.23. The van der Waals surface area contributed by atoms with Crippen LogP contribution in [-0.4, -0.2) is 37.6 Å². The van der Waals surface area contributed by atoms with Gasteiger partial charge in [-0.15, -0.1) is 0 Å². The van der Waals surface area contributed by atoms with Crippen LogP contribution in [0.2, 0.25) is 0 Å². The zero-order chi connectivity index (χ0) is 12.4. The highest BCUT2D eigenvalue weighted by Crippen LogP contribution is 2.13. The molecule has 0 aromatic rings. The van der Waals surface area contributed by atoms with E-state index < -0.39 is 0 Å². The molecule has 0 amide bonds. The second kappa shape index (κ2) is 4.52. The second-order valence-electron chi connectivity index (χ2n) is 4.25. The summed E-state index contributed by atoms with van der Waals surface area (Å²) in [7, 11) is 0. The van der Waals surface area contributed by atoms with E-state index in [0.29, 0.717) is 0 Å². The first-order valence-electron chi connectivity index (χ1n) is 5.84. The van der Waals surface area contributed by atoms with E-state index in [4.69, 9.17) is 0 Å². The van der Waals surface area contributed by atoms with Crippen LogP contribution < -0.4 is 21.3 Å². The molecule has 3 aliphatic heterocycles. The van der Waals surface area contributed by atoms with E-state index in [9.17, 15) is 0 Å². The molecule has 4 N–H and O–H groups in total. The second-order valence-corrected chi connectivity index (χ2v) is 4.25. The van der Waals surface area contributed by atoms with Gasteiger partial charge in [0.15, 0.2) is 6.17 Å². The SMILES string of the molecule is CC1=CN=CC(CNC2=C3NC=NC3N=CN2)N1. The Morgan fingerprint density at radius 3 is 2.94 bits per heavy atom. The van der Waals surface area contributed by atoms with Crippen molar-refractivity contribution in [3.05, 3.63) is 23.4 Å². The van der Waals surface area contributed by atoms with E-state index in [0.717, 1.165) is 23.8 Å². The number of hydrogen-bond donors (Lipinski definition) is 4. The lowest BCUT2D eigenvalue weighted by Crippen LogP contribution is -2.44. The highest BCUT2D eigenvalue weighted by molar-refractivity contribution is 5.69. The summed E-state index contributed by atoms with van der Waals surface area (Å²) in [6, 6.07) is 0.185. The summed E-state index contributed by atoms with van der Waals surface area (Å²) in [4.78, 5) is 12.6. The van der Waals surface area contributed by atoms with Crippen molar-refractivity contribution < 1.29 is 0 Å². The molecule has 2 unspecified atom stereocenters. The fourth-order valence-corrected chi connectivity index (χ4v) is 1.98. The van der Waals surface area contributed by atoms with E-state index in [1.54, 1.807) is 12.7 Å². The topological polar surface area (TPSA) is 85.2 Å². The maximum Gasteiger partial charge on any atom is 0.186 e. The monoisotopic (exact) mass is 245 g/mol. The predicted octanol–water partition coefficient (Wildman–Crippen LogP) is -0.762. The van der Waals surface area contributed by atoms with E-state index in [1.807, 2.05) is 19.3 Å². The van der Waals surface area contributed by atoms with Crippen molar-refractivity contribution in [1.29, 1.82) is 0 Å². The van der Waals surface area contributed by atoms with Gasteiger partial charge in [0, 0.05) is 24.7 Å². The molecule has 0 aromatic heterocycles. The summed E-state index contributed by atoms with van der Waals surface area (Å²) in [5, 5.41) is 12.8. The summed E-state index contributed by atoms with van der Waals surface area (Å²) in [5.74, 6) is 0.912. The maximum absolute atomic E-state index is 4.20. The molecule has 94 valence electrons. The van der Waals surface area contributed by atoms with Crippen LogP contribution in [0.15, 0.2) is 38.4 Å². The maximum atomic E-state index is 4.20. The Morgan fingerprint density at radius 1 is 1.28 bits per heavy atom. The Kier molecular flexibility index (Phi) is 2.71. The lowest BCUT2D eigenvalue weighted by Gasteiger charge is -2.23. The molecule has 7 heteroatoms. The van der Waals surface area contributed by atoms with Gasteiger partial charge in [-0.3, -0.25) is 4.99 Å². The smallest absolute Gasteiger partial charge is 0.186 e. The Morgan fingerprint density at radius 2 is 2.11 bits per heavy atom. The van der Waals surface area contributed by atoms with Crippen LogP contribution in [-0.2, 0) is 0 Å². The molecule has 0 spiro atoms. The minimum Gasteiger partial charge on any atom is -0.378 e. The van der Waals surface area contributed by atoms with E-state index >= 15 is 0 Å². The molecule has 18 heavy (non-hydrogen) atoms. The summed E-state index contributed by atoms with van der Waals surface area (Å²) in [6.45, 7) is 2.74. The van der Waals surface area contributed by atoms with Crippen molar-refractivity contribution in [3.63, 3.8) is 0 Å². The Bertz CT molecular complexity index is 486. The summed E-state index contributed by atoms with van der Waals surface area (Å²) in [6.07, 6.45) is 6.89. The van der Waals surface area contributed by atoms with Gasteiger partial charge in [0.05, 0.1) is 18.7 Å².